The molecule has 0 aliphatic heterocycles. The van der Waals surface area contributed by atoms with E-state index in [9.17, 15) is 4.39 Å². The number of alkyl halides is 1. The summed E-state index contributed by atoms with van der Waals surface area (Å²) in [7, 11) is 0. The highest BCUT2D eigenvalue weighted by molar-refractivity contribution is 5.15. The van der Waals surface area contributed by atoms with Gasteiger partial charge >= 0.3 is 0 Å². The van der Waals surface area contributed by atoms with Gasteiger partial charge in [-0.25, -0.2) is 4.39 Å². The van der Waals surface area contributed by atoms with Crippen molar-refractivity contribution < 1.29 is 4.39 Å². The summed E-state index contributed by atoms with van der Waals surface area (Å²) in [5.74, 6) is 2.58. The second-order valence-corrected chi connectivity index (χ2v) is 3.90. The van der Waals surface area contributed by atoms with E-state index < -0.39 is 0 Å². The van der Waals surface area contributed by atoms with Crippen LogP contribution in [0.2, 0.25) is 0 Å². The lowest BCUT2D eigenvalue weighted by molar-refractivity contribution is 0.214. The molecule has 0 heterocycles. The normalized spacial score (nSPS) is 12.4. The quantitative estimate of drug-likeness (QED) is 0.663. The van der Waals surface area contributed by atoms with Crippen molar-refractivity contribution in [1.29, 1.82) is 0 Å². The van der Waals surface area contributed by atoms with Crippen LogP contribution in [0.1, 0.15) is 12.5 Å². The van der Waals surface area contributed by atoms with E-state index in [-0.39, 0.29) is 12.7 Å². The Morgan fingerprint density at radius 1 is 1.38 bits per heavy atom. The van der Waals surface area contributed by atoms with E-state index in [4.69, 9.17) is 6.42 Å². The van der Waals surface area contributed by atoms with Crippen LogP contribution in [0.5, 0.6) is 0 Å². The SMILES string of the molecule is C#CCN(CC[18F])C(C)Cc1ccccc1. The maximum absolute atomic E-state index is 12.4. The third-order valence-electron chi connectivity index (χ3n) is 2.66. The van der Waals surface area contributed by atoms with Gasteiger partial charge in [-0.3, -0.25) is 4.90 Å². The Morgan fingerprint density at radius 2 is 2.06 bits per heavy atom. The average molecular weight is 218 g/mol. The molecule has 0 fully saturated rings. The van der Waals surface area contributed by atoms with Gasteiger partial charge in [0.05, 0.1) is 6.54 Å². The average Bonchev–Trinajstić information content (AvgIpc) is 2.30. The van der Waals surface area contributed by atoms with E-state index in [0.29, 0.717) is 13.1 Å². The molecule has 0 amide bonds. The third kappa shape index (κ3) is 4.04. The second-order valence-electron chi connectivity index (χ2n) is 3.90. The summed E-state index contributed by atoms with van der Waals surface area (Å²) in [6, 6.07) is 10.5. The minimum atomic E-state index is -0.346. The first-order valence-corrected chi connectivity index (χ1v) is 5.55. The molecule has 16 heavy (non-hydrogen) atoms. The number of hydrogen-bond acceptors (Lipinski definition) is 1. The molecule has 1 unspecified atom stereocenters. The van der Waals surface area contributed by atoms with Crippen molar-refractivity contribution in [2.75, 3.05) is 19.8 Å². The van der Waals surface area contributed by atoms with Crippen molar-refractivity contribution in [3.8, 4) is 12.3 Å². The molecule has 0 spiro atoms. The molecule has 2 heteroatoms. The molecular weight excluding hydrogens is 200 g/mol. The maximum Gasteiger partial charge on any atom is 0.102 e. The minimum Gasteiger partial charge on any atom is -0.287 e. The second kappa shape index (κ2) is 7.03. The van der Waals surface area contributed by atoms with Crippen LogP contribution < -0.4 is 0 Å². The molecule has 1 nitrogen and oxygen atoms in total. The zero-order valence-corrected chi connectivity index (χ0v) is 9.70. The van der Waals surface area contributed by atoms with E-state index >= 15 is 0 Å². The third-order valence-corrected chi connectivity index (χ3v) is 2.66. The number of nitrogens with zero attached hydrogens (tertiary/aromatic N) is 1. The molecular formula is C14H18FN. The highest BCUT2D eigenvalue weighted by Crippen LogP contribution is 2.08. The molecule has 0 aromatic heterocycles. The monoisotopic (exact) mass is 218 g/mol. The van der Waals surface area contributed by atoms with Gasteiger partial charge in [0.2, 0.25) is 0 Å². The summed E-state index contributed by atoms with van der Waals surface area (Å²) in [4.78, 5) is 1.99. The van der Waals surface area contributed by atoms with E-state index in [1.807, 2.05) is 23.1 Å². The zero-order chi connectivity index (χ0) is 11.8. The molecule has 1 atom stereocenters. The fraction of sp³-hybridized carbons (Fsp3) is 0.429. The molecule has 0 N–H and O–H groups in total. The lowest BCUT2D eigenvalue weighted by atomic mass is 10.1. The Kier molecular flexibility index (Phi) is 5.60. The summed E-state index contributed by atoms with van der Waals surface area (Å²) in [6.07, 6.45) is 6.18. The number of rotatable bonds is 6. The largest absolute Gasteiger partial charge is 0.287 e. The van der Waals surface area contributed by atoms with Crippen molar-refractivity contribution in [1.82, 2.24) is 4.90 Å². The van der Waals surface area contributed by atoms with Gasteiger partial charge in [-0.1, -0.05) is 36.3 Å². The highest BCUT2D eigenvalue weighted by atomic mass is 18.2. The number of terminal acetylenes is 1. The van der Waals surface area contributed by atoms with Crippen LogP contribution in [0.25, 0.3) is 0 Å². The first-order valence-electron chi connectivity index (χ1n) is 5.55. The van der Waals surface area contributed by atoms with Crippen LogP contribution >= 0.6 is 0 Å². The number of halogens is 1. The van der Waals surface area contributed by atoms with E-state index in [1.54, 1.807) is 0 Å². The number of hydrogen-bond donors (Lipinski definition) is 0. The summed E-state index contributed by atoms with van der Waals surface area (Å²) in [5.41, 5.74) is 1.26. The van der Waals surface area contributed by atoms with Crippen molar-refractivity contribution in [2.24, 2.45) is 0 Å². The van der Waals surface area contributed by atoms with Crippen LogP contribution in [0.3, 0.4) is 0 Å². The van der Waals surface area contributed by atoms with Crippen molar-refractivity contribution in [3.05, 3.63) is 35.9 Å². The Labute approximate surface area is 97.3 Å². The summed E-state index contributed by atoms with van der Waals surface area (Å²) in [6.45, 7) is 2.66. The van der Waals surface area contributed by atoms with Gasteiger partial charge in [0, 0.05) is 12.6 Å². The van der Waals surface area contributed by atoms with Gasteiger partial charge < -0.3 is 0 Å². The smallest absolute Gasteiger partial charge is 0.102 e. The highest BCUT2D eigenvalue weighted by Gasteiger charge is 2.12. The maximum atomic E-state index is 12.4. The topological polar surface area (TPSA) is 3.24 Å². The molecule has 86 valence electrons. The molecule has 1 aromatic carbocycles. The molecule has 0 bridgehead atoms. The van der Waals surface area contributed by atoms with Crippen LogP contribution in [0.15, 0.2) is 30.3 Å². The van der Waals surface area contributed by atoms with Crippen LogP contribution in [0.4, 0.5) is 4.39 Å². The van der Waals surface area contributed by atoms with Gasteiger partial charge in [-0.15, -0.1) is 6.42 Å². The fourth-order valence-corrected chi connectivity index (χ4v) is 1.77. The molecule has 0 saturated heterocycles. The van der Waals surface area contributed by atoms with Crippen molar-refractivity contribution in [3.63, 3.8) is 0 Å². The Hall–Kier alpha value is -1.33. The standard InChI is InChI=1S/C14H18FN/c1-3-10-16(11-9-15)13(2)12-14-7-5-4-6-8-14/h1,4-8,13H,9-12H2,2H3/i15-1. The van der Waals surface area contributed by atoms with Gasteiger partial charge in [-0.2, -0.15) is 0 Å². The van der Waals surface area contributed by atoms with E-state index in [2.05, 4.69) is 25.0 Å². The van der Waals surface area contributed by atoms with E-state index in [1.165, 1.54) is 5.56 Å². The van der Waals surface area contributed by atoms with Gasteiger partial charge in [0.15, 0.2) is 0 Å². The van der Waals surface area contributed by atoms with Crippen LogP contribution in [-0.4, -0.2) is 30.7 Å². The molecule has 0 aliphatic carbocycles. The van der Waals surface area contributed by atoms with Crippen LogP contribution in [-0.2, 0) is 6.42 Å². The Bertz CT molecular complexity index is 328. The lowest BCUT2D eigenvalue weighted by Crippen LogP contribution is -2.36. The first kappa shape index (κ1) is 12.7. The predicted molar refractivity (Wildman–Crippen MR) is 66.0 cm³/mol. The molecule has 0 aliphatic rings. The summed E-state index contributed by atoms with van der Waals surface area (Å²) in [5, 5.41) is 0. The van der Waals surface area contributed by atoms with Crippen LogP contribution in [0, 0.1) is 12.3 Å². The summed E-state index contributed by atoms with van der Waals surface area (Å²) >= 11 is 0. The molecule has 1 aromatic rings. The Morgan fingerprint density at radius 3 is 2.62 bits per heavy atom. The summed E-state index contributed by atoms with van der Waals surface area (Å²) < 4.78 is 12.4. The van der Waals surface area contributed by atoms with Crippen molar-refractivity contribution in [2.45, 2.75) is 19.4 Å². The minimum absolute atomic E-state index is 0.272. The fourth-order valence-electron chi connectivity index (χ4n) is 1.77. The van der Waals surface area contributed by atoms with Crippen molar-refractivity contribution >= 4 is 0 Å². The first-order chi connectivity index (χ1) is 7.77. The van der Waals surface area contributed by atoms with Gasteiger partial charge in [0.25, 0.3) is 0 Å². The molecule has 0 saturated carbocycles. The van der Waals surface area contributed by atoms with Gasteiger partial charge in [0.1, 0.15) is 6.67 Å². The Balaban J connectivity index is 2.55. The number of benzene rings is 1. The molecule has 1 rings (SSSR count). The molecule has 0 radical (unpaired) electrons. The predicted octanol–water partition coefficient (Wildman–Crippen LogP) is 2.52. The lowest BCUT2D eigenvalue weighted by Gasteiger charge is -2.26. The van der Waals surface area contributed by atoms with E-state index in [0.717, 1.165) is 6.42 Å². The van der Waals surface area contributed by atoms with Gasteiger partial charge in [-0.05, 0) is 18.9 Å². The zero-order valence-electron chi connectivity index (χ0n) is 9.70.